The molecule has 0 spiro atoms. The Kier molecular flexibility index (Phi) is 4.13. The first-order chi connectivity index (χ1) is 9.89. The summed E-state index contributed by atoms with van der Waals surface area (Å²) >= 11 is 0. The molecule has 21 heavy (non-hydrogen) atoms. The van der Waals surface area contributed by atoms with E-state index in [1.54, 1.807) is 6.92 Å². The van der Waals surface area contributed by atoms with Gasteiger partial charge in [0.25, 0.3) is 0 Å². The van der Waals surface area contributed by atoms with Gasteiger partial charge in [0.15, 0.2) is 0 Å². The first kappa shape index (κ1) is 14.9. The van der Waals surface area contributed by atoms with Crippen LogP contribution in [0.15, 0.2) is 30.6 Å². The van der Waals surface area contributed by atoms with Crippen molar-refractivity contribution >= 4 is 5.82 Å². The van der Waals surface area contributed by atoms with Crippen molar-refractivity contribution in [3.63, 3.8) is 0 Å². The Morgan fingerprint density at radius 3 is 2.29 bits per heavy atom. The van der Waals surface area contributed by atoms with Gasteiger partial charge in [-0.25, -0.2) is 15.8 Å². The molecule has 0 aliphatic heterocycles. The molecule has 0 saturated carbocycles. The second kappa shape index (κ2) is 5.83. The van der Waals surface area contributed by atoms with Gasteiger partial charge in [-0.05, 0) is 31.2 Å². The van der Waals surface area contributed by atoms with Crippen molar-refractivity contribution in [2.45, 2.75) is 13.3 Å². The lowest BCUT2D eigenvalue weighted by molar-refractivity contribution is -0.274. The molecule has 0 fully saturated rings. The number of nitrogens with two attached hydrogens (primary N) is 1. The van der Waals surface area contributed by atoms with E-state index in [1.165, 1.54) is 18.5 Å². The van der Waals surface area contributed by atoms with E-state index >= 15 is 0 Å². The summed E-state index contributed by atoms with van der Waals surface area (Å²) in [5.74, 6) is 5.86. The van der Waals surface area contributed by atoms with Crippen molar-refractivity contribution in [1.82, 2.24) is 9.97 Å². The highest BCUT2D eigenvalue weighted by molar-refractivity contribution is 5.47. The number of nitrogens with zero attached hydrogens (tertiary/aromatic N) is 2. The zero-order valence-corrected chi connectivity index (χ0v) is 10.8. The molecule has 9 heteroatoms. The molecule has 3 N–H and O–H groups in total. The van der Waals surface area contributed by atoms with Gasteiger partial charge in [0.2, 0.25) is 5.88 Å². The van der Waals surface area contributed by atoms with E-state index in [0.717, 1.165) is 12.1 Å². The van der Waals surface area contributed by atoms with E-state index in [0.29, 0.717) is 17.1 Å². The third kappa shape index (κ3) is 3.96. The Morgan fingerprint density at radius 2 is 1.71 bits per heavy atom. The molecule has 0 atom stereocenters. The van der Waals surface area contributed by atoms with Crippen molar-refractivity contribution < 1.29 is 22.6 Å². The van der Waals surface area contributed by atoms with Gasteiger partial charge in [-0.1, -0.05) is 0 Å². The molecular weight excluding hydrogens is 289 g/mol. The first-order valence-corrected chi connectivity index (χ1v) is 5.71. The van der Waals surface area contributed by atoms with Gasteiger partial charge in [0, 0.05) is 0 Å². The number of hydrogen-bond donors (Lipinski definition) is 2. The summed E-state index contributed by atoms with van der Waals surface area (Å²) < 4.78 is 45.3. The van der Waals surface area contributed by atoms with Crippen LogP contribution in [0.2, 0.25) is 0 Å². The van der Waals surface area contributed by atoms with Gasteiger partial charge in [-0.15, -0.1) is 13.2 Å². The zero-order valence-electron chi connectivity index (χ0n) is 10.8. The minimum absolute atomic E-state index is 0.238. The third-order valence-corrected chi connectivity index (χ3v) is 2.45. The molecule has 112 valence electrons. The Balaban J connectivity index is 2.14. The second-order valence-electron chi connectivity index (χ2n) is 3.92. The number of nitrogens with one attached hydrogen (secondary N) is 1. The topological polar surface area (TPSA) is 82.3 Å². The van der Waals surface area contributed by atoms with Crippen LogP contribution in [0.1, 0.15) is 5.56 Å². The average molecular weight is 300 g/mol. The number of ether oxygens (including phenoxy) is 2. The highest BCUT2D eigenvalue weighted by Crippen LogP contribution is 2.28. The van der Waals surface area contributed by atoms with Crippen molar-refractivity contribution in [3.05, 3.63) is 36.2 Å². The van der Waals surface area contributed by atoms with Crippen molar-refractivity contribution in [3.8, 4) is 17.4 Å². The lowest BCUT2D eigenvalue weighted by Gasteiger charge is -2.11. The van der Waals surface area contributed by atoms with E-state index in [1.807, 2.05) is 0 Å². The lowest BCUT2D eigenvalue weighted by atomic mass is 10.3. The summed E-state index contributed by atoms with van der Waals surface area (Å²) in [5.41, 5.74) is 2.95. The highest BCUT2D eigenvalue weighted by Gasteiger charge is 2.30. The number of rotatable bonds is 4. The second-order valence-corrected chi connectivity index (χ2v) is 3.92. The minimum atomic E-state index is -4.73. The largest absolute Gasteiger partial charge is 0.573 e. The number of alkyl halides is 3. The third-order valence-electron chi connectivity index (χ3n) is 2.45. The molecule has 0 bridgehead atoms. The fraction of sp³-hybridized carbons (Fsp3) is 0.167. The average Bonchev–Trinajstić information content (AvgIpc) is 2.42. The van der Waals surface area contributed by atoms with Gasteiger partial charge in [0.1, 0.15) is 23.6 Å². The van der Waals surface area contributed by atoms with Crippen LogP contribution < -0.4 is 20.7 Å². The molecule has 0 aliphatic carbocycles. The van der Waals surface area contributed by atoms with Crippen LogP contribution in [0.3, 0.4) is 0 Å². The predicted octanol–water partition coefficient (Wildman–Crippen LogP) is 2.76. The number of halogens is 3. The first-order valence-electron chi connectivity index (χ1n) is 5.71. The van der Waals surface area contributed by atoms with Crippen molar-refractivity contribution in [2.75, 3.05) is 5.43 Å². The fourth-order valence-electron chi connectivity index (χ4n) is 1.50. The summed E-state index contributed by atoms with van der Waals surface area (Å²) in [5, 5.41) is 0. The SMILES string of the molecule is Cc1c(NN)ncnc1Oc1ccc(OC(F)(F)F)cc1. The zero-order chi connectivity index (χ0) is 15.5. The number of hydrazine groups is 1. The highest BCUT2D eigenvalue weighted by atomic mass is 19.4. The molecule has 0 unspecified atom stereocenters. The van der Waals surface area contributed by atoms with Crippen LogP contribution in [0.4, 0.5) is 19.0 Å². The maximum atomic E-state index is 12.0. The summed E-state index contributed by atoms with van der Waals surface area (Å²) in [6.07, 6.45) is -3.48. The van der Waals surface area contributed by atoms with E-state index in [9.17, 15) is 13.2 Å². The standard InChI is InChI=1S/C12H11F3N4O2/c1-7-10(19-16)17-6-18-11(7)20-8-2-4-9(5-3-8)21-12(13,14)15/h2-6H,16H2,1H3,(H,17,18,19). The molecule has 0 amide bonds. The fourth-order valence-corrected chi connectivity index (χ4v) is 1.50. The number of nitrogen functional groups attached to an aromatic ring is 1. The van der Waals surface area contributed by atoms with Crippen LogP contribution in [-0.4, -0.2) is 16.3 Å². The van der Waals surface area contributed by atoms with Gasteiger partial charge in [0.05, 0.1) is 5.56 Å². The molecule has 1 heterocycles. The van der Waals surface area contributed by atoms with Gasteiger partial charge in [-0.2, -0.15) is 0 Å². The number of aromatic nitrogens is 2. The molecule has 6 nitrogen and oxygen atoms in total. The Bertz CT molecular complexity index is 617. The van der Waals surface area contributed by atoms with Crippen LogP contribution >= 0.6 is 0 Å². The van der Waals surface area contributed by atoms with E-state index in [-0.39, 0.29) is 11.6 Å². The Hall–Kier alpha value is -2.55. The van der Waals surface area contributed by atoms with Crippen LogP contribution in [0.5, 0.6) is 17.4 Å². The minimum Gasteiger partial charge on any atom is -0.439 e. The normalized spacial score (nSPS) is 11.1. The number of benzene rings is 1. The summed E-state index contributed by atoms with van der Waals surface area (Å²) in [6.45, 7) is 1.69. The van der Waals surface area contributed by atoms with E-state index in [2.05, 4.69) is 20.1 Å². The van der Waals surface area contributed by atoms with Crippen LogP contribution in [0, 0.1) is 6.92 Å². The maximum Gasteiger partial charge on any atom is 0.573 e. The van der Waals surface area contributed by atoms with Gasteiger partial charge in [-0.3, -0.25) is 0 Å². The lowest BCUT2D eigenvalue weighted by Crippen LogP contribution is -2.16. The van der Waals surface area contributed by atoms with E-state index in [4.69, 9.17) is 10.6 Å². The Labute approximate surface area is 117 Å². The predicted molar refractivity (Wildman–Crippen MR) is 67.8 cm³/mol. The summed E-state index contributed by atoms with van der Waals surface area (Å²) in [7, 11) is 0. The van der Waals surface area contributed by atoms with Crippen molar-refractivity contribution in [2.24, 2.45) is 5.84 Å². The molecule has 1 aromatic heterocycles. The number of anilines is 1. The summed E-state index contributed by atoms with van der Waals surface area (Å²) in [6, 6.07) is 4.94. The molecular formula is C12H11F3N4O2. The van der Waals surface area contributed by atoms with Gasteiger partial charge < -0.3 is 14.9 Å². The van der Waals surface area contributed by atoms with Crippen LogP contribution in [0.25, 0.3) is 0 Å². The van der Waals surface area contributed by atoms with Gasteiger partial charge >= 0.3 is 6.36 Å². The molecule has 1 aromatic carbocycles. The number of hydrogen-bond acceptors (Lipinski definition) is 6. The molecule has 0 radical (unpaired) electrons. The molecule has 0 aliphatic rings. The van der Waals surface area contributed by atoms with Crippen molar-refractivity contribution in [1.29, 1.82) is 0 Å². The smallest absolute Gasteiger partial charge is 0.439 e. The monoisotopic (exact) mass is 300 g/mol. The molecule has 2 rings (SSSR count). The van der Waals surface area contributed by atoms with E-state index < -0.39 is 6.36 Å². The van der Waals surface area contributed by atoms with Crippen LogP contribution in [-0.2, 0) is 0 Å². The maximum absolute atomic E-state index is 12.0. The molecule has 0 saturated heterocycles. The quantitative estimate of drug-likeness (QED) is 0.667. The Morgan fingerprint density at radius 1 is 1.10 bits per heavy atom. The summed E-state index contributed by atoms with van der Waals surface area (Å²) in [4.78, 5) is 7.81. The molecule has 2 aromatic rings.